The molecule has 1 aliphatic heterocycles. The topological polar surface area (TPSA) is 93.0 Å². The first-order valence-corrected chi connectivity index (χ1v) is 9.82. The lowest BCUT2D eigenvalue weighted by Crippen LogP contribution is -2.45. The Morgan fingerprint density at radius 1 is 1.27 bits per heavy atom. The first-order valence-electron chi connectivity index (χ1n) is 9.82. The average molecular weight is 417 g/mol. The van der Waals surface area contributed by atoms with Crippen molar-refractivity contribution in [2.24, 2.45) is 5.92 Å². The molecule has 1 fully saturated rings. The van der Waals surface area contributed by atoms with Gasteiger partial charge in [-0.2, -0.15) is 0 Å². The van der Waals surface area contributed by atoms with Gasteiger partial charge in [0, 0.05) is 26.2 Å². The number of piperidine rings is 1. The summed E-state index contributed by atoms with van der Waals surface area (Å²) in [6.07, 6.45) is 1.08. The number of ether oxygens (including phenoxy) is 1. The summed E-state index contributed by atoms with van der Waals surface area (Å²) >= 11 is 0. The number of amides is 2. The second-order valence-electron chi connectivity index (χ2n) is 7.12. The maximum atomic E-state index is 13.9. The summed E-state index contributed by atoms with van der Waals surface area (Å²) in [7, 11) is 1.49. The van der Waals surface area contributed by atoms with Crippen LogP contribution in [0.1, 0.15) is 30.3 Å². The number of esters is 1. The van der Waals surface area contributed by atoms with Crippen molar-refractivity contribution >= 4 is 17.8 Å². The highest BCUT2D eigenvalue weighted by atomic mass is 19.1. The molecule has 0 saturated carbocycles. The molecule has 0 N–H and O–H groups in total. The lowest BCUT2D eigenvalue weighted by Gasteiger charge is -2.32. The highest BCUT2D eigenvalue weighted by Gasteiger charge is 2.29. The molecule has 8 nitrogen and oxygen atoms in total. The van der Waals surface area contributed by atoms with Gasteiger partial charge in [-0.1, -0.05) is 17.3 Å². The van der Waals surface area contributed by atoms with E-state index < -0.39 is 11.7 Å². The van der Waals surface area contributed by atoms with E-state index in [1.165, 1.54) is 30.1 Å². The maximum Gasteiger partial charge on any atom is 0.309 e. The van der Waals surface area contributed by atoms with E-state index in [1.807, 2.05) is 0 Å². The van der Waals surface area contributed by atoms with E-state index in [0.29, 0.717) is 32.5 Å². The third kappa shape index (κ3) is 4.84. The molecule has 2 amide bonds. The largest absolute Gasteiger partial charge is 0.466 e. The molecular formula is C21H24FN3O5. The van der Waals surface area contributed by atoms with Crippen molar-refractivity contribution in [2.75, 3.05) is 33.3 Å². The van der Waals surface area contributed by atoms with Gasteiger partial charge in [-0.05, 0) is 31.9 Å². The molecule has 160 valence electrons. The zero-order valence-corrected chi connectivity index (χ0v) is 17.0. The van der Waals surface area contributed by atoms with Gasteiger partial charge in [0.25, 0.3) is 5.91 Å². The van der Waals surface area contributed by atoms with Crippen LogP contribution in [0.3, 0.4) is 0 Å². The van der Waals surface area contributed by atoms with Crippen LogP contribution in [-0.2, 0) is 14.3 Å². The molecule has 2 aromatic rings. The van der Waals surface area contributed by atoms with Crippen molar-refractivity contribution < 1.29 is 28.0 Å². The fourth-order valence-electron chi connectivity index (χ4n) is 3.36. The molecule has 3 rings (SSSR count). The summed E-state index contributed by atoms with van der Waals surface area (Å²) in [4.78, 5) is 39.8. The number of hydrogen-bond acceptors (Lipinski definition) is 6. The highest BCUT2D eigenvalue weighted by Crippen LogP contribution is 2.24. The number of nitrogens with zero attached hydrogens (tertiary/aromatic N) is 3. The van der Waals surface area contributed by atoms with Gasteiger partial charge in [-0.25, -0.2) is 4.39 Å². The molecule has 0 bridgehead atoms. The Kier molecular flexibility index (Phi) is 6.81. The van der Waals surface area contributed by atoms with Crippen molar-refractivity contribution in [1.82, 2.24) is 15.0 Å². The van der Waals surface area contributed by atoms with E-state index in [9.17, 15) is 18.8 Å². The number of benzene rings is 1. The SMILES string of the molecule is CCOC(=O)C1CCN(C(=O)CN(C)C(=O)c2cc(-c3ccccc3F)on2)CC1. The molecule has 1 aliphatic rings. The lowest BCUT2D eigenvalue weighted by atomic mass is 9.97. The standard InChI is InChI=1S/C21H24FN3O5/c1-3-29-21(28)14-8-10-25(11-9-14)19(26)13-24(2)20(27)17-12-18(30-23-17)15-6-4-5-7-16(15)22/h4-7,12,14H,3,8-11,13H2,1-2H3. The van der Waals surface area contributed by atoms with Crippen LogP contribution in [0, 0.1) is 11.7 Å². The predicted molar refractivity (Wildman–Crippen MR) is 105 cm³/mol. The van der Waals surface area contributed by atoms with Crippen LogP contribution >= 0.6 is 0 Å². The average Bonchev–Trinajstić information content (AvgIpc) is 3.23. The Morgan fingerprint density at radius 3 is 2.63 bits per heavy atom. The molecular weight excluding hydrogens is 393 g/mol. The van der Waals surface area contributed by atoms with E-state index in [0.717, 1.165) is 0 Å². The zero-order valence-electron chi connectivity index (χ0n) is 17.0. The summed E-state index contributed by atoms with van der Waals surface area (Å²) in [6.45, 7) is 2.84. The van der Waals surface area contributed by atoms with Crippen molar-refractivity contribution in [3.05, 3.63) is 41.8 Å². The fourth-order valence-corrected chi connectivity index (χ4v) is 3.36. The summed E-state index contributed by atoms with van der Waals surface area (Å²) in [5.41, 5.74) is 0.192. The van der Waals surface area contributed by atoms with Crippen LogP contribution in [-0.4, -0.2) is 66.0 Å². The molecule has 0 aliphatic carbocycles. The third-order valence-corrected chi connectivity index (χ3v) is 5.06. The van der Waals surface area contributed by atoms with Gasteiger partial charge >= 0.3 is 5.97 Å². The van der Waals surface area contributed by atoms with E-state index in [1.54, 1.807) is 24.0 Å². The number of carbonyl (C=O) groups is 3. The van der Waals surface area contributed by atoms with Gasteiger partial charge in [0.1, 0.15) is 5.82 Å². The Labute approximate surface area is 173 Å². The molecule has 2 heterocycles. The molecule has 1 aromatic heterocycles. The van der Waals surface area contributed by atoms with Gasteiger partial charge in [0.05, 0.1) is 24.6 Å². The Morgan fingerprint density at radius 2 is 1.97 bits per heavy atom. The van der Waals surface area contributed by atoms with Gasteiger partial charge in [0.15, 0.2) is 11.5 Å². The van der Waals surface area contributed by atoms with Crippen molar-refractivity contribution in [2.45, 2.75) is 19.8 Å². The fraction of sp³-hybridized carbons (Fsp3) is 0.429. The zero-order chi connectivity index (χ0) is 21.7. The van der Waals surface area contributed by atoms with Gasteiger partial charge in [-0.15, -0.1) is 0 Å². The van der Waals surface area contributed by atoms with Crippen LogP contribution in [0.4, 0.5) is 4.39 Å². The monoisotopic (exact) mass is 417 g/mol. The number of halogens is 1. The first kappa shape index (κ1) is 21.5. The van der Waals surface area contributed by atoms with Crippen LogP contribution < -0.4 is 0 Å². The quantitative estimate of drug-likeness (QED) is 0.670. The normalized spacial score (nSPS) is 14.4. The van der Waals surface area contributed by atoms with Gasteiger partial charge in [-0.3, -0.25) is 14.4 Å². The lowest BCUT2D eigenvalue weighted by molar-refractivity contribution is -0.151. The summed E-state index contributed by atoms with van der Waals surface area (Å²) in [5.74, 6) is -1.49. The van der Waals surface area contributed by atoms with E-state index in [2.05, 4.69) is 5.16 Å². The molecule has 1 aromatic carbocycles. The second-order valence-corrected chi connectivity index (χ2v) is 7.12. The Bertz CT molecular complexity index is 921. The van der Waals surface area contributed by atoms with Crippen molar-refractivity contribution in [3.63, 3.8) is 0 Å². The Hall–Kier alpha value is -3.23. The minimum Gasteiger partial charge on any atom is -0.466 e. The summed E-state index contributed by atoms with van der Waals surface area (Å²) < 4.78 is 24.0. The number of aromatic nitrogens is 1. The molecule has 30 heavy (non-hydrogen) atoms. The number of carbonyl (C=O) groups excluding carboxylic acids is 3. The van der Waals surface area contributed by atoms with E-state index in [-0.39, 0.29) is 41.4 Å². The molecule has 1 saturated heterocycles. The maximum absolute atomic E-state index is 13.9. The van der Waals surface area contributed by atoms with Crippen molar-refractivity contribution in [3.8, 4) is 11.3 Å². The minimum absolute atomic E-state index is 0.00966. The number of hydrogen-bond donors (Lipinski definition) is 0. The molecule has 0 radical (unpaired) electrons. The number of rotatable bonds is 6. The van der Waals surface area contributed by atoms with Gasteiger partial charge < -0.3 is 19.1 Å². The smallest absolute Gasteiger partial charge is 0.309 e. The van der Waals surface area contributed by atoms with Crippen LogP contribution in [0.25, 0.3) is 11.3 Å². The Balaban J connectivity index is 1.55. The summed E-state index contributed by atoms with van der Waals surface area (Å²) in [6, 6.07) is 7.37. The van der Waals surface area contributed by atoms with E-state index in [4.69, 9.17) is 9.26 Å². The summed E-state index contributed by atoms with van der Waals surface area (Å²) in [5, 5.41) is 3.71. The van der Waals surface area contributed by atoms with Crippen molar-refractivity contribution in [1.29, 1.82) is 0 Å². The van der Waals surface area contributed by atoms with E-state index >= 15 is 0 Å². The van der Waals surface area contributed by atoms with Crippen LogP contribution in [0.15, 0.2) is 34.9 Å². The number of likely N-dealkylation sites (tertiary alicyclic amines) is 1. The van der Waals surface area contributed by atoms with Crippen LogP contribution in [0.5, 0.6) is 0 Å². The van der Waals surface area contributed by atoms with Gasteiger partial charge in [0.2, 0.25) is 5.91 Å². The first-order chi connectivity index (χ1) is 14.4. The highest BCUT2D eigenvalue weighted by molar-refractivity contribution is 5.95. The second kappa shape index (κ2) is 9.51. The third-order valence-electron chi connectivity index (χ3n) is 5.06. The minimum atomic E-state index is -0.504. The molecule has 9 heteroatoms. The van der Waals surface area contributed by atoms with Crippen LogP contribution in [0.2, 0.25) is 0 Å². The molecule has 0 atom stereocenters. The molecule has 0 unspecified atom stereocenters. The predicted octanol–water partition coefficient (Wildman–Crippen LogP) is 2.35. The number of likely N-dealkylation sites (N-methyl/N-ethyl adjacent to an activating group) is 1. The molecule has 0 spiro atoms.